The first-order valence-electron chi connectivity index (χ1n) is 7.75. The molecule has 23 heavy (non-hydrogen) atoms. The van der Waals surface area contributed by atoms with E-state index in [1.54, 1.807) is 0 Å². The van der Waals surface area contributed by atoms with Crippen molar-refractivity contribution >= 4 is 23.2 Å². The number of hydrogen-bond donors (Lipinski definition) is 0. The van der Waals surface area contributed by atoms with Gasteiger partial charge in [0.25, 0.3) is 0 Å². The molecule has 0 spiro atoms. The molecule has 3 rings (SSSR count). The molecule has 1 fully saturated rings. The summed E-state index contributed by atoms with van der Waals surface area (Å²) in [6, 6.07) is 7.66. The van der Waals surface area contributed by atoms with E-state index in [4.69, 9.17) is 27.9 Å². The maximum atomic E-state index is 6.11. The van der Waals surface area contributed by atoms with E-state index in [-0.39, 0.29) is 6.10 Å². The number of halogens is 2. The van der Waals surface area contributed by atoms with Gasteiger partial charge in [0.1, 0.15) is 5.82 Å². The number of aryl methyl sites for hydroxylation is 1. The van der Waals surface area contributed by atoms with E-state index >= 15 is 0 Å². The molecule has 0 amide bonds. The molecule has 2 heterocycles. The Balaban J connectivity index is 1.69. The SMILES string of the molecule is CCc1nccc(CN2CCO[C@@H](c3ccc(Cl)c(Cl)c3)C2)n1. The minimum absolute atomic E-state index is 0.00556. The van der Waals surface area contributed by atoms with Crippen LogP contribution in [0.15, 0.2) is 30.5 Å². The zero-order valence-electron chi connectivity index (χ0n) is 13.0. The summed E-state index contributed by atoms with van der Waals surface area (Å²) in [6.45, 7) is 5.26. The lowest BCUT2D eigenvalue weighted by molar-refractivity contribution is -0.0333. The predicted octanol–water partition coefficient (Wildman–Crippen LogP) is 3.92. The summed E-state index contributed by atoms with van der Waals surface area (Å²) in [5.41, 5.74) is 2.10. The van der Waals surface area contributed by atoms with Crippen LogP contribution in [0.25, 0.3) is 0 Å². The van der Waals surface area contributed by atoms with Crippen molar-refractivity contribution in [3.63, 3.8) is 0 Å². The Hall–Kier alpha value is -1.20. The number of morpholine rings is 1. The first-order chi connectivity index (χ1) is 11.2. The molecule has 6 heteroatoms. The molecule has 1 saturated heterocycles. The van der Waals surface area contributed by atoms with Crippen molar-refractivity contribution in [2.45, 2.75) is 26.0 Å². The van der Waals surface area contributed by atoms with E-state index in [0.29, 0.717) is 16.7 Å². The Bertz CT molecular complexity index is 681. The molecule has 0 unspecified atom stereocenters. The third kappa shape index (κ3) is 4.21. The first kappa shape index (κ1) is 16.7. The Morgan fingerprint density at radius 3 is 2.91 bits per heavy atom. The molecule has 1 aromatic heterocycles. The van der Waals surface area contributed by atoms with Gasteiger partial charge in [0, 0.05) is 32.3 Å². The van der Waals surface area contributed by atoms with Gasteiger partial charge in [0.2, 0.25) is 0 Å². The molecule has 2 aromatic rings. The fourth-order valence-electron chi connectivity index (χ4n) is 2.69. The summed E-state index contributed by atoms with van der Waals surface area (Å²) in [5, 5.41) is 1.13. The van der Waals surface area contributed by atoms with Crippen molar-refractivity contribution in [3.8, 4) is 0 Å². The van der Waals surface area contributed by atoms with Gasteiger partial charge in [-0.25, -0.2) is 9.97 Å². The quantitative estimate of drug-likeness (QED) is 0.836. The van der Waals surface area contributed by atoms with Gasteiger partial charge in [0.15, 0.2) is 0 Å². The Kier molecular flexibility index (Phi) is 5.49. The number of nitrogens with zero attached hydrogens (tertiary/aromatic N) is 3. The molecular formula is C17H19Cl2N3O. The molecular weight excluding hydrogens is 333 g/mol. The average molecular weight is 352 g/mol. The van der Waals surface area contributed by atoms with Crippen molar-refractivity contribution in [2.24, 2.45) is 0 Å². The second kappa shape index (κ2) is 7.58. The van der Waals surface area contributed by atoms with Crippen LogP contribution in [-0.2, 0) is 17.7 Å². The van der Waals surface area contributed by atoms with Crippen LogP contribution in [0.2, 0.25) is 10.0 Å². The number of hydrogen-bond acceptors (Lipinski definition) is 4. The minimum atomic E-state index is 0.00556. The minimum Gasteiger partial charge on any atom is -0.371 e. The van der Waals surface area contributed by atoms with Crippen molar-refractivity contribution in [3.05, 3.63) is 57.6 Å². The van der Waals surface area contributed by atoms with Crippen molar-refractivity contribution in [1.29, 1.82) is 0 Å². The van der Waals surface area contributed by atoms with Crippen molar-refractivity contribution < 1.29 is 4.74 Å². The van der Waals surface area contributed by atoms with E-state index < -0.39 is 0 Å². The van der Waals surface area contributed by atoms with Gasteiger partial charge in [-0.05, 0) is 23.8 Å². The van der Waals surface area contributed by atoms with Crippen molar-refractivity contribution in [1.82, 2.24) is 14.9 Å². The van der Waals surface area contributed by atoms with E-state index in [0.717, 1.165) is 43.1 Å². The molecule has 122 valence electrons. The van der Waals surface area contributed by atoms with Crippen molar-refractivity contribution in [2.75, 3.05) is 19.7 Å². The van der Waals surface area contributed by atoms with Gasteiger partial charge in [-0.3, -0.25) is 4.90 Å². The zero-order chi connectivity index (χ0) is 16.2. The van der Waals surface area contributed by atoms with Crippen LogP contribution < -0.4 is 0 Å². The first-order valence-corrected chi connectivity index (χ1v) is 8.51. The number of aromatic nitrogens is 2. The van der Waals surface area contributed by atoms with Crippen LogP contribution in [0, 0.1) is 0 Å². The van der Waals surface area contributed by atoms with Crippen LogP contribution in [0.5, 0.6) is 0 Å². The summed E-state index contributed by atoms with van der Waals surface area (Å²) in [6.07, 6.45) is 2.69. The van der Waals surface area contributed by atoms with Gasteiger partial charge in [-0.15, -0.1) is 0 Å². The lowest BCUT2D eigenvalue weighted by Gasteiger charge is -2.33. The smallest absolute Gasteiger partial charge is 0.128 e. The maximum Gasteiger partial charge on any atom is 0.128 e. The molecule has 1 aliphatic heterocycles. The topological polar surface area (TPSA) is 38.2 Å². The fourth-order valence-corrected chi connectivity index (χ4v) is 3.00. The largest absolute Gasteiger partial charge is 0.371 e. The third-order valence-corrected chi connectivity index (χ3v) is 4.67. The summed E-state index contributed by atoms with van der Waals surface area (Å²) < 4.78 is 5.90. The monoisotopic (exact) mass is 351 g/mol. The molecule has 1 aliphatic rings. The van der Waals surface area contributed by atoms with Crippen LogP contribution in [-0.4, -0.2) is 34.6 Å². The summed E-state index contributed by atoms with van der Waals surface area (Å²) in [5.74, 6) is 0.886. The predicted molar refractivity (Wildman–Crippen MR) is 91.8 cm³/mol. The number of rotatable bonds is 4. The molecule has 0 N–H and O–H groups in total. The highest BCUT2D eigenvalue weighted by Gasteiger charge is 2.23. The van der Waals surface area contributed by atoms with E-state index in [2.05, 4.69) is 21.8 Å². The number of benzene rings is 1. The molecule has 4 nitrogen and oxygen atoms in total. The van der Waals surface area contributed by atoms with E-state index in [9.17, 15) is 0 Å². The summed E-state index contributed by atoms with van der Waals surface area (Å²) in [4.78, 5) is 11.2. The number of ether oxygens (including phenoxy) is 1. The molecule has 0 saturated carbocycles. The normalized spacial score (nSPS) is 19.0. The van der Waals surface area contributed by atoms with Gasteiger partial charge in [-0.2, -0.15) is 0 Å². The molecule has 0 bridgehead atoms. The molecule has 1 atom stereocenters. The molecule has 1 aromatic carbocycles. The van der Waals surface area contributed by atoms with Crippen LogP contribution in [0.1, 0.15) is 30.1 Å². The molecule has 0 aliphatic carbocycles. The summed E-state index contributed by atoms with van der Waals surface area (Å²) in [7, 11) is 0. The second-order valence-electron chi connectivity index (χ2n) is 5.59. The molecule has 0 radical (unpaired) electrons. The highest BCUT2D eigenvalue weighted by molar-refractivity contribution is 6.42. The average Bonchev–Trinajstić information content (AvgIpc) is 2.58. The van der Waals surface area contributed by atoms with Crippen LogP contribution in [0.4, 0.5) is 0 Å². The summed E-state index contributed by atoms with van der Waals surface area (Å²) >= 11 is 12.1. The van der Waals surface area contributed by atoms with E-state index in [1.807, 2.05) is 30.5 Å². The van der Waals surface area contributed by atoms with Gasteiger partial charge in [-0.1, -0.05) is 36.2 Å². The zero-order valence-corrected chi connectivity index (χ0v) is 14.5. The highest BCUT2D eigenvalue weighted by atomic mass is 35.5. The third-order valence-electron chi connectivity index (χ3n) is 3.93. The Morgan fingerprint density at radius 1 is 1.26 bits per heavy atom. The van der Waals surface area contributed by atoms with Gasteiger partial charge >= 0.3 is 0 Å². The van der Waals surface area contributed by atoms with Crippen LogP contribution in [0.3, 0.4) is 0 Å². The van der Waals surface area contributed by atoms with E-state index in [1.165, 1.54) is 0 Å². The fraction of sp³-hybridized carbons (Fsp3) is 0.412. The van der Waals surface area contributed by atoms with Crippen LogP contribution >= 0.6 is 23.2 Å². The Labute approximate surface area is 146 Å². The van der Waals surface area contributed by atoms with Gasteiger partial charge < -0.3 is 4.74 Å². The lowest BCUT2D eigenvalue weighted by Crippen LogP contribution is -2.38. The second-order valence-corrected chi connectivity index (χ2v) is 6.40. The standard InChI is InChI=1S/C17H19Cl2N3O/c1-2-17-20-6-5-13(21-17)10-22-7-8-23-16(11-22)12-3-4-14(18)15(19)9-12/h3-6,9,16H,2,7-8,10-11H2,1H3/t16-/m1/s1. The van der Waals surface area contributed by atoms with Gasteiger partial charge in [0.05, 0.1) is 28.5 Å². The maximum absolute atomic E-state index is 6.11. The highest BCUT2D eigenvalue weighted by Crippen LogP contribution is 2.29. The lowest BCUT2D eigenvalue weighted by atomic mass is 10.1. The Morgan fingerprint density at radius 2 is 2.13 bits per heavy atom.